The molecule has 0 aliphatic carbocycles. The average molecular weight is 657 g/mol. The first-order valence-electron chi connectivity index (χ1n) is 16.8. The normalized spacial score (nSPS) is 12.4. The molecule has 0 unspecified atom stereocenters. The third kappa shape index (κ3) is 3.43. The van der Waals surface area contributed by atoms with Gasteiger partial charge in [-0.2, -0.15) is 0 Å². The molecule has 0 bridgehead atoms. The van der Waals surface area contributed by atoms with Crippen LogP contribution in [0.25, 0.3) is 119 Å². The summed E-state index contributed by atoms with van der Waals surface area (Å²) >= 11 is 1.83. The second-order valence-electron chi connectivity index (χ2n) is 13.1. The van der Waals surface area contributed by atoms with E-state index in [1.54, 1.807) is 0 Å². The molecule has 0 aliphatic rings. The van der Waals surface area contributed by atoms with E-state index >= 15 is 0 Å². The van der Waals surface area contributed by atoms with Crippen molar-refractivity contribution in [3.05, 3.63) is 146 Å². The molecule has 0 aliphatic heterocycles. The number of para-hydroxylation sites is 1. The number of hydrogen-bond donors (Lipinski definition) is 0. The minimum atomic E-state index is 0.853. The molecule has 50 heavy (non-hydrogen) atoms. The predicted molar refractivity (Wildman–Crippen MR) is 210 cm³/mol. The molecule has 0 saturated carbocycles. The largest absolute Gasteiger partial charge is 0.456 e. The lowest BCUT2D eigenvalue weighted by molar-refractivity contribution is 0.633. The third-order valence-electron chi connectivity index (χ3n) is 10.5. The van der Waals surface area contributed by atoms with Gasteiger partial charge >= 0.3 is 0 Å². The Morgan fingerprint density at radius 3 is 1.66 bits per heavy atom. The lowest BCUT2D eigenvalue weighted by atomic mass is 9.86. The molecule has 0 atom stereocenters. The van der Waals surface area contributed by atoms with E-state index in [1.807, 2.05) is 35.6 Å². The van der Waals surface area contributed by atoms with Gasteiger partial charge in [0.25, 0.3) is 0 Å². The van der Waals surface area contributed by atoms with Crippen molar-refractivity contribution in [1.29, 1.82) is 0 Å². The maximum Gasteiger partial charge on any atom is 0.136 e. The summed E-state index contributed by atoms with van der Waals surface area (Å²) in [6.07, 6.45) is 0. The second kappa shape index (κ2) is 9.63. The Balaban J connectivity index is 1.21. The number of hydrogen-bond acceptors (Lipinski definition) is 4. The fourth-order valence-electron chi connectivity index (χ4n) is 8.47. The topological polar surface area (TPSA) is 39.4 Å². The summed E-state index contributed by atoms with van der Waals surface area (Å²) in [5.74, 6) is 0.875. The van der Waals surface area contributed by atoms with Crippen molar-refractivity contribution in [2.75, 3.05) is 0 Å². The minimum absolute atomic E-state index is 0.853. The molecule has 0 spiro atoms. The highest BCUT2D eigenvalue weighted by Crippen LogP contribution is 2.50. The SMILES string of the molecule is c1ccc2c(c1)oc1ccc3oc4cccc(-c5c6ccccc6c(-c6cc7c(ccc8sc9ccccc9c87)o6)c6ccccc56)c4c3c12. The summed E-state index contributed by atoms with van der Waals surface area (Å²) in [5, 5.41) is 12.7. The Labute approximate surface area is 288 Å². The highest BCUT2D eigenvalue weighted by molar-refractivity contribution is 7.26. The number of fused-ring (bicyclic) bond motifs is 14. The first kappa shape index (κ1) is 26.6. The number of rotatable bonds is 2. The number of thiophene rings is 1. The molecule has 4 aromatic heterocycles. The van der Waals surface area contributed by atoms with E-state index in [0.717, 1.165) is 82.5 Å². The van der Waals surface area contributed by atoms with Crippen LogP contribution in [0.1, 0.15) is 0 Å². The second-order valence-corrected chi connectivity index (χ2v) is 14.2. The summed E-state index contributed by atoms with van der Waals surface area (Å²) < 4.78 is 22.3. The van der Waals surface area contributed by atoms with E-state index in [9.17, 15) is 0 Å². The number of benzene rings is 8. The Morgan fingerprint density at radius 1 is 0.320 bits per heavy atom. The monoisotopic (exact) mass is 656 g/mol. The molecule has 3 nitrogen and oxygen atoms in total. The van der Waals surface area contributed by atoms with Crippen LogP contribution >= 0.6 is 11.3 Å². The highest BCUT2D eigenvalue weighted by atomic mass is 32.1. The van der Waals surface area contributed by atoms with E-state index in [4.69, 9.17) is 13.3 Å². The lowest BCUT2D eigenvalue weighted by Gasteiger charge is -2.17. The molecule has 0 saturated heterocycles. The Hall–Kier alpha value is -6.36. The Morgan fingerprint density at radius 2 is 0.880 bits per heavy atom. The molecule has 12 rings (SSSR count). The summed E-state index contributed by atoms with van der Waals surface area (Å²) in [5.41, 5.74) is 7.77. The van der Waals surface area contributed by atoms with Crippen LogP contribution in [-0.2, 0) is 0 Å². The van der Waals surface area contributed by atoms with Gasteiger partial charge in [-0.1, -0.05) is 97.1 Å². The average Bonchev–Trinajstić information content (AvgIpc) is 3.94. The van der Waals surface area contributed by atoms with Crippen LogP contribution in [0.4, 0.5) is 0 Å². The van der Waals surface area contributed by atoms with Gasteiger partial charge in [0.15, 0.2) is 0 Å². The van der Waals surface area contributed by atoms with Gasteiger partial charge in [-0.15, -0.1) is 11.3 Å². The zero-order chi connectivity index (χ0) is 32.5. The third-order valence-corrected chi connectivity index (χ3v) is 11.6. The Bertz CT molecular complexity index is 3330. The van der Waals surface area contributed by atoms with Gasteiger partial charge in [0.05, 0.1) is 0 Å². The van der Waals surface area contributed by atoms with E-state index in [0.29, 0.717) is 0 Å². The highest BCUT2D eigenvalue weighted by Gasteiger charge is 2.24. The smallest absolute Gasteiger partial charge is 0.136 e. The minimum Gasteiger partial charge on any atom is -0.456 e. The fourth-order valence-corrected chi connectivity index (χ4v) is 9.60. The van der Waals surface area contributed by atoms with Crippen molar-refractivity contribution >= 4 is 108 Å². The molecule has 232 valence electrons. The first-order chi connectivity index (χ1) is 24.8. The van der Waals surface area contributed by atoms with Crippen LogP contribution in [0.15, 0.2) is 159 Å². The molecule has 0 amide bonds. The molecule has 4 heteroatoms. The van der Waals surface area contributed by atoms with Gasteiger partial charge in [-0.3, -0.25) is 0 Å². The van der Waals surface area contributed by atoms with Gasteiger partial charge in [0.2, 0.25) is 0 Å². The van der Waals surface area contributed by atoms with Crippen LogP contribution < -0.4 is 0 Å². The molecule has 0 radical (unpaired) electrons. The van der Waals surface area contributed by atoms with Crippen molar-refractivity contribution < 1.29 is 13.3 Å². The van der Waals surface area contributed by atoms with Crippen molar-refractivity contribution in [3.63, 3.8) is 0 Å². The predicted octanol–water partition coefficient (Wildman–Crippen LogP) is 14.2. The zero-order valence-electron chi connectivity index (χ0n) is 26.5. The zero-order valence-corrected chi connectivity index (χ0v) is 27.3. The van der Waals surface area contributed by atoms with Crippen LogP contribution in [0, 0.1) is 0 Å². The van der Waals surface area contributed by atoms with Crippen LogP contribution in [0.2, 0.25) is 0 Å². The molecule has 0 fully saturated rings. The van der Waals surface area contributed by atoms with Gasteiger partial charge in [-0.05, 0) is 81.2 Å². The van der Waals surface area contributed by atoms with E-state index in [1.165, 1.54) is 36.5 Å². The summed E-state index contributed by atoms with van der Waals surface area (Å²) in [6, 6.07) is 51.5. The quantitative estimate of drug-likeness (QED) is 0.174. The molecular weight excluding hydrogens is 633 g/mol. The standard InChI is InChI=1S/C46H24O3S/c1-3-12-27-25(10-1)41(31-16-9-18-35-45(31)46-37(49-35)21-20-36-44(46)29-14-5-7-17-33(29)47-36)26-11-2-4-13-28(26)42(27)38-24-32-34(48-38)22-23-40-43(32)30-15-6-8-19-39(30)50-40/h1-24H. The van der Waals surface area contributed by atoms with Crippen molar-refractivity contribution in [2.45, 2.75) is 0 Å². The summed E-state index contributed by atoms with van der Waals surface area (Å²) in [7, 11) is 0. The molecule has 4 heterocycles. The molecule has 12 aromatic rings. The fraction of sp³-hybridized carbons (Fsp3) is 0. The van der Waals surface area contributed by atoms with Gasteiger partial charge in [0.1, 0.15) is 33.7 Å². The van der Waals surface area contributed by atoms with Crippen LogP contribution in [-0.4, -0.2) is 0 Å². The van der Waals surface area contributed by atoms with Crippen molar-refractivity contribution in [3.8, 4) is 22.5 Å². The van der Waals surface area contributed by atoms with Gasteiger partial charge < -0.3 is 13.3 Å². The summed E-state index contributed by atoms with van der Waals surface area (Å²) in [6.45, 7) is 0. The van der Waals surface area contributed by atoms with Crippen molar-refractivity contribution in [1.82, 2.24) is 0 Å². The van der Waals surface area contributed by atoms with E-state index in [-0.39, 0.29) is 0 Å². The van der Waals surface area contributed by atoms with Gasteiger partial charge in [0, 0.05) is 52.7 Å². The molecule has 8 aromatic carbocycles. The summed E-state index contributed by atoms with van der Waals surface area (Å²) in [4.78, 5) is 0. The Kier molecular flexibility index (Phi) is 5.12. The first-order valence-corrected chi connectivity index (χ1v) is 17.7. The van der Waals surface area contributed by atoms with Gasteiger partial charge in [-0.25, -0.2) is 0 Å². The number of furan rings is 3. The maximum absolute atomic E-state index is 6.82. The van der Waals surface area contributed by atoms with E-state index in [2.05, 4.69) is 121 Å². The van der Waals surface area contributed by atoms with Crippen LogP contribution in [0.3, 0.4) is 0 Å². The lowest BCUT2D eigenvalue weighted by Crippen LogP contribution is -1.90. The van der Waals surface area contributed by atoms with E-state index < -0.39 is 0 Å². The molecule has 0 N–H and O–H groups in total. The van der Waals surface area contributed by atoms with Crippen molar-refractivity contribution in [2.24, 2.45) is 0 Å². The maximum atomic E-state index is 6.82. The molecular formula is C46H24O3S. The van der Waals surface area contributed by atoms with Crippen LogP contribution in [0.5, 0.6) is 0 Å².